The summed E-state index contributed by atoms with van der Waals surface area (Å²) in [4.78, 5) is 2.21. The maximum absolute atomic E-state index is 6.57. The Bertz CT molecular complexity index is 1070. The Balaban J connectivity index is 1.69. The molecule has 2 heteroatoms. The summed E-state index contributed by atoms with van der Waals surface area (Å²) in [6.45, 7) is 0. The molecule has 1 aliphatic carbocycles. The molecule has 1 saturated carbocycles. The van der Waals surface area contributed by atoms with Crippen molar-refractivity contribution in [1.82, 2.24) is 0 Å². The molecule has 1 heterocycles. The molecule has 1 aliphatic rings. The van der Waals surface area contributed by atoms with Gasteiger partial charge in [-0.05, 0) is 42.5 Å². The average molecular weight is 355 g/mol. The van der Waals surface area contributed by atoms with Crippen molar-refractivity contribution >= 4 is 33.3 Å². The Morgan fingerprint density at radius 2 is 1.44 bits per heavy atom. The maximum atomic E-state index is 6.57. The van der Waals surface area contributed by atoms with Gasteiger partial charge in [0.2, 0.25) is 0 Å². The van der Waals surface area contributed by atoms with Gasteiger partial charge in [-0.3, -0.25) is 0 Å². The Hall–Kier alpha value is -2.74. The van der Waals surface area contributed by atoms with Crippen LogP contribution in [0.5, 0.6) is 0 Å². The number of rotatable bonds is 3. The van der Waals surface area contributed by atoms with E-state index in [-0.39, 0.29) is 0 Å². The van der Waals surface area contributed by atoms with Crippen LogP contribution in [0, 0.1) is 0 Å². The van der Waals surface area contributed by atoms with Crippen molar-refractivity contribution < 1.29 is 4.42 Å². The first-order valence-corrected chi connectivity index (χ1v) is 10.1. The topological polar surface area (TPSA) is 16.4 Å². The second kappa shape index (κ2) is 6.77. The third kappa shape index (κ3) is 2.80. The lowest BCUT2D eigenvalue weighted by molar-refractivity contribution is 0.442. The number of hydrogen-bond acceptors (Lipinski definition) is 2. The lowest BCUT2D eigenvalue weighted by Gasteiger charge is -2.22. The maximum Gasteiger partial charge on any atom is 0.159 e. The number of benzene rings is 3. The predicted molar refractivity (Wildman–Crippen MR) is 114 cm³/mol. The summed E-state index contributed by atoms with van der Waals surface area (Å²) in [6.07, 6.45) is 6.62. The molecule has 1 fully saturated rings. The Labute approximate surface area is 160 Å². The van der Waals surface area contributed by atoms with Crippen LogP contribution in [-0.2, 0) is 0 Å². The lowest BCUT2D eigenvalue weighted by Crippen LogP contribution is -2.09. The van der Waals surface area contributed by atoms with Gasteiger partial charge in [-0.2, -0.15) is 0 Å². The Morgan fingerprint density at radius 1 is 0.741 bits per heavy atom. The van der Waals surface area contributed by atoms with E-state index in [9.17, 15) is 0 Å². The van der Waals surface area contributed by atoms with Crippen LogP contribution in [0.4, 0.5) is 11.4 Å². The molecule has 0 unspecified atom stereocenters. The summed E-state index contributed by atoms with van der Waals surface area (Å²) in [5, 5.41) is 2.46. The first-order chi connectivity index (χ1) is 13.3. The molecule has 0 radical (unpaired) electrons. The highest BCUT2D eigenvalue weighted by molar-refractivity contribution is 6.10. The van der Waals surface area contributed by atoms with Crippen molar-refractivity contribution in [2.24, 2.45) is 0 Å². The van der Waals surface area contributed by atoms with Crippen molar-refractivity contribution in [2.45, 2.75) is 38.0 Å². The number of anilines is 2. The molecule has 27 heavy (non-hydrogen) atoms. The monoisotopic (exact) mass is 355 g/mol. The fourth-order valence-electron chi connectivity index (χ4n) is 4.62. The molecule has 0 saturated heterocycles. The highest BCUT2D eigenvalue weighted by Gasteiger charge is 2.22. The number of fused-ring (bicyclic) bond motifs is 3. The van der Waals surface area contributed by atoms with Crippen molar-refractivity contribution in [2.75, 3.05) is 11.9 Å². The number of hydrogen-bond donors (Lipinski definition) is 0. The zero-order chi connectivity index (χ0) is 18.2. The van der Waals surface area contributed by atoms with Gasteiger partial charge in [0, 0.05) is 23.5 Å². The second-order valence-corrected chi connectivity index (χ2v) is 7.71. The fraction of sp³-hybridized carbons (Fsp3) is 0.280. The summed E-state index contributed by atoms with van der Waals surface area (Å²) in [6, 6.07) is 23.6. The van der Waals surface area contributed by atoms with Gasteiger partial charge in [0.25, 0.3) is 0 Å². The second-order valence-electron chi connectivity index (χ2n) is 7.71. The lowest BCUT2D eigenvalue weighted by atomic mass is 9.83. The van der Waals surface area contributed by atoms with Crippen LogP contribution in [0.2, 0.25) is 0 Å². The van der Waals surface area contributed by atoms with E-state index < -0.39 is 0 Å². The van der Waals surface area contributed by atoms with E-state index in [2.05, 4.69) is 78.7 Å². The highest BCUT2D eigenvalue weighted by Crippen LogP contribution is 2.42. The molecule has 0 spiro atoms. The van der Waals surface area contributed by atoms with E-state index in [1.807, 2.05) is 0 Å². The molecule has 2 nitrogen and oxygen atoms in total. The van der Waals surface area contributed by atoms with E-state index >= 15 is 0 Å². The van der Waals surface area contributed by atoms with E-state index in [4.69, 9.17) is 4.42 Å². The van der Waals surface area contributed by atoms with Gasteiger partial charge in [-0.25, -0.2) is 0 Å². The smallest absolute Gasteiger partial charge is 0.159 e. The van der Waals surface area contributed by atoms with Crippen LogP contribution in [-0.4, -0.2) is 7.05 Å². The third-order valence-corrected chi connectivity index (χ3v) is 6.08. The van der Waals surface area contributed by atoms with E-state index in [1.165, 1.54) is 48.4 Å². The van der Waals surface area contributed by atoms with Crippen LogP contribution < -0.4 is 4.90 Å². The predicted octanol–water partition coefficient (Wildman–Crippen LogP) is 7.40. The molecule has 136 valence electrons. The van der Waals surface area contributed by atoms with Crippen LogP contribution in [0.1, 0.15) is 43.6 Å². The minimum absolute atomic E-state index is 0.637. The Kier molecular flexibility index (Phi) is 4.12. The molecule has 0 amide bonds. The quantitative estimate of drug-likeness (QED) is 0.380. The zero-order valence-electron chi connectivity index (χ0n) is 15.8. The van der Waals surface area contributed by atoms with Crippen LogP contribution in [0.3, 0.4) is 0 Å². The highest BCUT2D eigenvalue weighted by atomic mass is 16.3. The molecule has 0 N–H and O–H groups in total. The zero-order valence-corrected chi connectivity index (χ0v) is 15.8. The van der Waals surface area contributed by atoms with Gasteiger partial charge in [0.15, 0.2) is 5.58 Å². The number of furan rings is 1. The largest absolute Gasteiger partial charge is 0.454 e. The van der Waals surface area contributed by atoms with Crippen molar-refractivity contribution in [3.05, 3.63) is 72.3 Å². The van der Waals surface area contributed by atoms with Crippen LogP contribution in [0.15, 0.2) is 71.1 Å². The van der Waals surface area contributed by atoms with Gasteiger partial charge in [0.05, 0.1) is 5.69 Å². The van der Waals surface area contributed by atoms with Crippen LogP contribution >= 0.6 is 0 Å². The third-order valence-electron chi connectivity index (χ3n) is 6.08. The van der Waals surface area contributed by atoms with Gasteiger partial charge >= 0.3 is 0 Å². The molecular weight excluding hydrogens is 330 g/mol. The minimum atomic E-state index is 0.637. The van der Waals surface area contributed by atoms with E-state index in [0.717, 1.165) is 22.5 Å². The molecular formula is C25H25NO. The van der Waals surface area contributed by atoms with Crippen molar-refractivity contribution in [1.29, 1.82) is 0 Å². The first kappa shape index (κ1) is 16.4. The number of para-hydroxylation sites is 3. The standard InChI is InChI=1S/C25H25NO/c1-26(19-12-6-3-7-13-19)23-17-9-16-22-21-15-8-14-20(24(21)27-25(22)23)18-10-4-2-5-11-18/h3,6-9,12-18H,2,4-5,10-11H2,1H3. The first-order valence-electron chi connectivity index (χ1n) is 10.1. The molecule has 1 aromatic heterocycles. The van der Waals surface area contributed by atoms with Gasteiger partial charge in [-0.15, -0.1) is 0 Å². The SMILES string of the molecule is CN(c1ccccc1)c1cccc2c1oc1c(C3CCCCC3)cccc12. The minimum Gasteiger partial charge on any atom is -0.454 e. The summed E-state index contributed by atoms with van der Waals surface area (Å²) in [5.41, 5.74) is 5.76. The molecule has 3 aromatic carbocycles. The average Bonchev–Trinajstić information content (AvgIpc) is 3.13. The molecule has 0 bridgehead atoms. The normalized spacial score (nSPS) is 15.4. The van der Waals surface area contributed by atoms with E-state index in [1.54, 1.807) is 0 Å². The fourth-order valence-corrected chi connectivity index (χ4v) is 4.62. The Morgan fingerprint density at radius 3 is 2.22 bits per heavy atom. The van der Waals surface area contributed by atoms with Crippen molar-refractivity contribution in [3.8, 4) is 0 Å². The van der Waals surface area contributed by atoms with Crippen LogP contribution in [0.25, 0.3) is 21.9 Å². The van der Waals surface area contributed by atoms with E-state index in [0.29, 0.717) is 5.92 Å². The molecule has 5 rings (SSSR count). The summed E-state index contributed by atoms with van der Waals surface area (Å²) in [5.74, 6) is 0.637. The molecule has 0 aliphatic heterocycles. The number of nitrogens with zero attached hydrogens (tertiary/aromatic N) is 1. The summed E-state index contributed by atoms with van der Waals surface area (Å²) < 4.78 is 6.57. The van der Waals surface area contributed by atoms with Gasteiger partial charge in [0.1, 0.15) is 5.58 Å². The summed E-state index contributed by atoms with van der Waals surface area (Å²) >= 11 is 0. The summed E-state index contributed by atoms with van der Waals surface area (Å²) in [7, 11) is 2.11. The molecule has 4 aromatic rings. The van der Waals surface area contributed by atoms with Crippen molar-refractivity contribution in [3.63, 3.8) is 0 Å². The molecule has 0 atom stereocenters. The van der Waals surface area contributed by atoms with Gasteiger partial charge in [-0.1, -0.05) is 67.8 Å². The van der Waals surface area contributed by atoms with Gasteiger partial charge < -0.3 is 9.32 Å².